The molecule has 1 aromatic carbocycles. The summed E-state index contributed by atoms with van der Waals surface area (Å²) >= 11 is 0. The van der Waals surface area contributed by atoms with Gasteiger partial charge in [-0.2, -0.15) is 0 Å². The number of carbonyl (C=O) groups excluding carboxylic acids is 1. The predicted molar refractivity (Wildman–Crippen MR) is 86.2 cm³/mol. The highest BCUT2D eigenvalue weighted by Gasteiger charge is 2.40. The first-order valence-electron chi connectivity index (χ1n) is 8.10. The molecule has 1 aromatic rings. The number of methoxy groups -OCH3 is 2. The van der Waals surface area contributed by atoms with Crippen LogP contribution in [-0.4, -0.2) is 45.0 Å². The number of rotatable bonds is 3. The lowest BCUT2D eigenvalue weighted by Crippen LogP contribution is -2.40. The Labute approximate surface area is 132 Å². The van der Waals surface area contributed by atoms with Gasteiger partial charge >= 0.3 is 0 Å². The lowest BCUT2D eigenvalue weighted by atomic mass is 9.70. The summed E-state index contributed by atoms with van der Waals surface area (Å²) in [5.74, 6) is 2.67. The Morgan fingerprint density at radius 2 is 2.09 bits per heavy atom. The number of carbonyl (C=O) groups is 1. The molecule has 22 heavy (non-hydrogen) atoms. The number of ether oxygens (including phenoxy) is 2. The summed E-state index contributed by atoms with van der Waals surface area (Å²) in [6.45, 7) is 4.14. The number of piperidine rings is 1. The molecular weight excluding hydrogens is 278 g/mol. The summed E-state index contributed by atoms with van der Waals surface area (Å²) in [4.78, 5) is 15.1. The normalized spacial score (nSPS) is 24.6. The maximum Gasteiger partial charge on any atom is 0.167 e. The maximum atomic E-state index is 12.7. The van der Waals surface area contributed by atoms with Crippen molar-refractivity contribution in [2.24, 2.45) is 5.92 Å². The van der Waals surface area contributed by atoms with E-state index < -0.39 is 0 Å². The highest BCUT2D eigenvalue weighted by atomic mass is 16.5. The van der Waals surface area contributed by atoms with Gasteiger partial charge in [-0.3, -0.25) is 4.79 Å². The Morgan fingerprint density at radius 1 is 1.32 bits per heavy atom. The first kappa shape index (κ1) is 15.3. The van der Waals surface area contributed by atoms with E-state index >= 15 is 0 Å². The lowest BCUT2D eigenvalue weighted by molar-refractivity contribution is 0.0882. The lowest BCUT2D eigenvalue weighted by Gasteiger charge is -2.41. The van der Waals surface area contributed by atoms with Gasteiger partial charge in [-0.1, -0.05) is 6.92 Å². The van der Waals surface area contributed by atoms with Gasteiger partial charge in [0.25, 0.3) is 0 Å². The van der Waals surface area contributed by atoms with E-state index in [1.54, 1.807) is 14.2 Å². The first-order valence-corrected chi connectivity index (χ1v) is 8.10. The van der Waals surface area contributed by atoms with Crippen molar-refractivity contribution in [2.45, 2.75) is 32.1 Å². The van der Waals surface area contributed by atoms with Crippen molar-refractivity contribution < 1.29 is 14.3 Å². The fourth-order valence-corrected chi connectivity index (χ4v) is 4.12. The zero-order chi connectivity index (χ0) is 15.9. The van der Waals surface area contributed by atoms with Gasteiger partial charge in [0, 0.05) is 24.4 Å². The summed E-state index contributed by atoms with van der Waals surface area (Å²) in [5, 5.41) is 0. The van der Waals surface area contributed by atoms with Crippen molar-refractivity contribution >= 4 is 5.78 Å². The van der Waals surface area contributed by atoms with E-state index in [2.05, 4.69) is 24.9 Å². The number of ketones is 1. The van der Waals surface area contributed by atoms with E-state index in [0.29, 0.717) is 18.3 Å². The number of likely N-dealkylation sites (N-methyl/N-ethyl adjacent to an activating group) is 1. The van der Waals surface area contributed by atoms with E-state index in [9.17, 15) is 4.79 Å². The summed E-state index contributed by atoms with van der Waals surface area (Å²) in [6.07, 6.45) is 2.53. The summed E-state index contributed by atoms with van der Waals surface area (Å²) in [6, 6.07) is 2.09. The van der Waals surface area contributed by atoms with E-state index in [0.717, 1.165) is 54.1 Å². The van der Waals surface area contributed by atoms with Crippen LogP contribution in [0.5, 0.6) is 11.5 Å². The molecule has 2 aliphatic rings. The third-order valence-corrected chi connectivity index (χ3v) is 5.24. The molecule has 1 fully saturated rings. The molecule has 4 nitrogen and oxygen atoms in total. The van der Waals surface area contributed by atoms with Gasteiger partial charge in [-0.25, -0.2) is 0 Å². The third-order valence-electron chi connectivity index (χ3n) is 5.24. The molecule has 2 atom stereocenters. The van der Waals surface area contributed by atoms with Gasteiger partial charge in [0.15, 0.2) is 5.78 Å². The monoisotopic (exact) mass is 303 g/mol. The van der Waals surface area contributed by atoms with Crippen LogP contribution in [-0.2, 0) is 6.42 Å². The number of hydrogen-bond acceptors (Lipinski definition) is 4. The molecule has 0 aromatic heterocycles. The summed E-state index contributed by atoms with van der Waals surface area (Å²) in [7, 11) is 5.50. The third kappa shape index (κ3) is 2.30. The van der Waals surface area contributed by atoms with Crippen LogP contribution in [0.1, 0.15) is 47.2 Å². The molecule has 0 amide bonds. The van der Waals surface area contributed by atoms with E-state index in [4.69, 9.17) is 9.47 Å². The number of nitrogens with zero attached hydrogens (tertiary/aromatic N) is 1. The highest BCUT2D eigenvalue weighted by molar-refractivity contribution is 6.02. The minimum Gasteiger partial charge on any atom is -0.496 e. The molecule has 1 aliphatic carbocycles. The van der Waals surface area contributed by atoms with Crippen LogP contribution in [0.2, 0.25) is 0 Å². The first-order chi connectivity index (χ1) is 10.6. The molecule has 1 heterocycles. The van der Waals surface area contributed by atoms with Gasteiger partial charge < -0.3 is 14.4 Å². The molecule has 4 heteroatoms. The molecule has 3 rings (SSSR count). The topological polar surface area (TPSA) is 38.8 Å². The van der Waals surface area contributed by atoms with Crippen molar-refractivity contribution in [1.82, 2.24) is 4.90 Å². The van der Waals surface area contributed by atoms with E-state index in [1.165, 1.54) is 0 Å². The van der Waals surface area contributed by atoms with Crippen LogP contribution in [0.4, 0.5) is 0 Å². The Balaban J connectivity index is 2.19. The minimum absolute atomic E-state index is 0.231. The predicted octanol–water partition coefficient (Wildman–Crippen LogP) is 2.89. The number of likely N-dealkylation sites (tertiary alicyclic amines) is 1. The summed E-state index contributed by atoms with van der Waals surface area (Å²) in [5.41, 5.74) is 2.93. The van der Waals surface area contributed by atoms with E-state index in [1.807, 2.05) is 0 Å². The van der Waals surface area contributed by atoms with Crippen LogP contribution < -0.4 is 9.47 Å². The van der Waals surface area contributed by atoms with Crippen LogP contribution in [0.25, 0.3) is 0 Å². The molecule has 0 spiro atoms. The SMILES string of the molecule is CCc1c(OC)cc2c(c1OC)C(=O)C[C@H]1CCN(C)C[C@@H]21. The molecule has 1 saturated heterocycles. The molecule has 0 saturated carbocycles. The number of benzene rings is 1. The Bertz CT molecular complexity index is 596. The Hall–Kier alpha value is -1.55. The number of Topliss-reactive ketones (excluding diaryl/α,β-unsaturated/α-hetero) is 1. The Kier molecular flexibility index (Phi) is 4.13. The fraction of sp³-hybridized carbons (Fsp3) is 0.611. The standard InChI is InChI=1S/C18H25NO3/c1-5-12-16(21-3)9-13-14-10-19(2)7-6-11(14)8-15(20)17(13)18(12)22-4/h9,11,14H,5-8,10H2,1-4H3/t11-,14-/m1/s1. The fourth-order valence-electron chi connectivity index (χ4n) is 4.12. The van der Waals surface area contributed by atoms with Crippen molar-refractivity contribution in [3.8, 4) is 11.5 Å². The quantitative estimate of drug-likeness (QED) is 0.860. The van der Waals surface area contributed by atoms with Gasteiger partial charge in [0.1, 0.15) is 11.5 Å². The van der Waals surface area contributed by atoms with Gasteiger partial charge in [-0.15, -0.1) is 0 Å². The Morgan fingerprint density at radius 3 is 2.73 bits per heavy atom. The zero-order valence-corrected chi connectivity index (χ0v) is 13.9. The molecule has 1 aliphatic heterocycles. The average Bonchev–Trinajstić information content (AvgIpc) is 2.53. The second-order valence-electron chi connectivity index (χ2n) is 6.45. The van der Waals surface area contributed by atoms with Crippen molar-refractivity contribution in [2.75, 3.05) is 34.4 Å². The van der Waals surface area contributed by atoms with Gasteiger partial charge in [0.05, 0.1) is 19.8 Å². The molecule has 0 N–H and O–H groups in total. The average molecular weight is 303 g/mol. The molecule has 0 bridgehead atoms. The molecule has 0 unspecified atom stereocenters. The van der Waals surface area contributed by atoms with Gasteiger partial charge in [-0.05, 0) is 44.0 Å². The highest BCUT2D eigenvalue weighted by Crippen LogP contribution is 2.47. The van der Waals surface area contributed by atoms with Gasteiger partial charge in [0.2, 0.25) is 0 Å². The largest absolute Gasteiger partial charge is 0.496 e. The van der Waals surface area contributed by atoms with Crippen LogP contribution >= 0.6 is 0 Å². The molecular formula is C18H25NO3. The van der Waals surface area contributed by atoms with Crippen molar-refractivity contribution in [1.29, 1.82) is 0 Å². The number of fused-ring (bicyclic) bond motifs is 3. The van der Waals surface area contributed by atoms with Crippen molar-refractivity contribution in [3.05, 3.63) is 22.8 Å². The smallest absolute Gasteiger partial charge is 0.167 e. The second kappa shape index (κ2) is 5.92. The van der Waals surface area contributed by atoms with Crippen molar-refractivity contribution in [3.63, 3.8) is 0 Å². The minimum atomic E-state index is 0.231. The molecule has 120 valence electrons. The molecule has 0 radical (unpaired) electrons. The summed E-state index contributed by atoms with van der Waals surface area (Å²) < 4.78 is 11.2. The maximum absolute atomic E-state index is 12.7. The van der Waals surface area contributed by atoms with Crippen LogP contribution in [0.15, 0.2) is 6.07 Å². The van der Waals surface area contributed by atoms with Crippen LogP contribution in [0, 0.1) is 5.92 Å². The van der Waals surface area contributed by atoms with E-state index in [-0.39, 0.29) is 5.78 Å². The number of hydrogen-bond donors (Lipinski definition) is 0. The zero-order valence-electron chi connectivity index (χ0n) is 13.9. The second-order valence-corrected chi connectivity index (χ2v) is 6.45. The van der Waals surface area contributed by atoms with Crippen LogP contribution in [0.3, 0.4) is 0 Å².